The number of pyridine rings is 1. The van der Waals surface area contributed by atoms with Gasteiger partial charge in [-0.25, -0.2) is 14.4 Å². The minimum atomic E-state index is -0.373. The molecule has 28 heavy (non-hydrogen) atoms. The standard InChI is InChI=1S/C22H19FN4O/c1-15-4-6-16(7-5-15)14-27-20(26-19-3-2-12-24-21(19)27)13-25-22(28)17-8-10-18(23)11-9-17/h2-12H,13-14H2,1H3,(H,25,28). The number of aryl methyl sites for hydroxylation is 1. The molecule has 4 aromatic rings. The number of benzene rings is 2. The quantitative estimate of drug-likeness (QED) is 0.577. The molecule has 0 fully saturated rings. The second-order valence-corrected chi connectivity index (χ2v) is 6.64. The largest absolute Gasteiger partial charge is 0.345 e. The number of rotatable bonds is 5. The Morgan fingerprint density at radius 2 is 1.82 bits per heavy atom. The average Bonchev–Trinajstić information content (AvgIpc) is 3.06. The van der Waals surface area contributed by atoms with Crippen molar-refractivity contribution in [1.29, 1.82) is 0 Å². The van der Waals surface area contributed by atoms with Gasteiger partial charge in [-0.1, -0.05) is 29.8 Å². The molecule has 0 aliphatic rings. The third-order valence-corrected chi connectivity index (χ3v) is 4.56. The molecule has 5 nitrogen and oxygen atoms in total. The second-order valence-electron chi connectivity index (χ2n) is 6.64. The summed E-state index contributed by atoms with van der Waals surface area (Å²) < 4.78 is 15.1. The SMILES string of the molecule is Cc1ccc(Cn2c(CNC(=O)c3ccc(F)cc3)nc3cccnc32)cc1. The molecule has 140 valence electrons. The number of hydrogen-bond acceptors (Lipinski definition) is 3. The topological polar surface area (TPSA) is 59.8 Å². The van der Waals surface area contributed by atoms with Gasteiger partial charge in [0.2, 0.25) is 0 Å². The van der Waals surface area contributed by atoms with E-state index in [4.69, 9.17) is 0 Å². The molecular formula is C22H19FN4O. The lowest BCUT2D eigenvalue weighted by Gasteiger charge is -2.10. The highest BCUT2D eigenvalue weighted by molar-refractivity contribution is 5.94. The zero-order valence-electron chi connectivity index (χ0n) is 15.4. The first-order valence-corrected chi connectivity index (χ1v) is 8.99. The molecule has 4 rings (SSSR count). The predicted octanol–water partition coefficient (Wildman–Crippen LogP) is 3.86. The number of fused-ring (bicyclic) bond motifs is 1. The molecular weight excluding hydrogens is 355 g/mol. The van der Waals surface area contributed by atoms with Crippen LogP contribution in [0.2, 0.25) is 0 Å². The summed E-state index contributed by atoms with van der Waals surface area (Å²) in [4.78, 5) is 21.5. The van der Waals surface area contributed by atoms with Gasteiger partial charge < -0.3 is 9.88 Å². The van der Waals surface area contributed by atoms with E-state index < -0.39 is 0 Å². The van der Waals surface area contributed by atoms with Crippen molar-refractivity contribution >= 4 is 17.1 Å². The number of amides is 1. The van der Waals surface area contributed by atoms with Crippen molar-refractivity contribution in [2.24, 2.45) is 0 Å². The summed E-state index contributed by atoms with van der Waals surface area (Å²) in [6.45, 7) is 2.91. The van der Waals surface area contributed by atoms with Crippen LogP contribution in [0, 0.1) is 12.7 Å². The normalized spacial score (nSPS) is 10.9. The summed E-state index contributed by atoms with van der Waals surface area (Å²) in [6.07, 6.45) is 1.73. The highest BCUT2D eigenvalue weighted by Gasteiger charge is 2.14. The number of imidazole rings is 1. The molecule has 0 atom stereocenters. The number of nitrogens with one attached hydrogen (secondary N) is 1. The van der Waals surface area contributed by atoms with E-state index in [1.54, 1.807) is 6.20 Å². The van der Waals surface area contributed by atoms with E-state index in [0.29, 0.717) is 17.9 Å². The van der Waals surface area contributed by atoms with Gasteiger partial charge in [0.05, 0.1) is 13.1 Å². The summed E-state index contributed by atoms with van der Waals surface area (Å²) in [6, 6.07) is 17.5. The lowest BCUT2D eigenvalue weighted by Crippen LogP contribution is -2.25. The number of carbonyl (C=O) groups excluding carboxylic acids is 1. The minimum Gasteiger partial charge on any atom is -0.345 e. The molecule has 6 heteroatoms. The number of aromatic nitrogens is 3. The summed E-state index contributed by atoms with van der Waals surface area (Å²) in [5.74, 6) is 0.0640. The molecule has 2 aromatic heterocycles. The minimum absolute atomic E-state index is 0.248. The van der Waals surface area contributed by atoms with Crippen molar-refractivity contribution in [3.05, 3.63) is 95.2 Å². The molecule has 1 amide bonds. The van der Waals surface area contributed by atoms with Crippen molar-refractivity contribution in [1.82, 2.24) is 19.9 Å². The van der Waals surface area contributed by atoms with Crippen molar-refractivity contribution in [3.8, 4) is 0 Å². The fraction of sp³-hybridized carbons (Fsp3) is 0.136. The van der Waals surface area contributed by atoms with Crippen LogP contribution in [0.1, 0.15) is 27.3 Å². The summed E-state index contributed by atoms with van der Waals surface area (Å²) in [5.41, 5.74) is 4.28. The van der Waals surface area contributed by atoms with Gasteiger partial charge >= 0.3 is 0 Å². The fourth-order valence-corrected chi connectivity index (χ4v) is 3.05. The third-order valence-electron chi connectivity index (χ3n) is 4.56. The molecule has 2 heterocycles. The van der Waals surface area contributed by atoms with Crippen LogP contribution in [-0.2, 0) is 13.1 Å². The lowest BCUT2D eigenvalue weighted by molar-refractivity contribution is 0.0949. The highest BCUT2D eigenvalue weighted by atomic mass is 19.1. The molecule has 1 N–H and O–H groups in total. The van der Waals surface area contributed by atoms with Crippen molar-refractivity contribution in [2.45, 2.75) is 20.0 Å². The number of halogens is 1. The van der Waals surface area contributed by atoms with E-state index in [-0.39, 0.29) is 18.3 Å². The molecule has 0 unspecified atom stereocenters. The maximum absolute atomic E-state index is 13.1. The molecule has 0 saturated heterocycles. The molecule has 0 aliphatic carbocycles. The first-order valence-electron chi connectivity index (χ1n) is 8.99. The van der Waals surface area contributed by atoms with Crippen LogP contribution in [0.3, 0.4) is 0 Å². The Bertz CT molecular complexity index is 1120. The van der Waals surface area contributed by atoms with E-state index in [1.165, 1.54) is 29.8 Å². The maximum atomic E-state index is 13.1. The monoisotopic (exact) mass is 374 g/mol. The molecule has 0 aliphatic heterocycles. The van der Waals surface area contributed by atoms with Crippen LogP contribution < -0.4 is 5.32 Å². The van der Waals surface area contributed by atoms with Gasteiger partial charge in [0.1, 0.15) is 17.2 Å². The van der Waals surface area contributed by atoms with E-state index in [0.717, 1.165) is 16.7 Å². The summed E-state index contributed by atoms with van der Waals surface area (Å²) in [5, 5.41) is 2.86. The number of nitrogens with zero attached hydrogens (tertiary/aromatic N) is 3. The maximum Gasteiger partial charge on any atom is 0.251 e. The molecule has 0 saturated carbocycles. The Balaban J connectivity index is 1.60. The van der Waals surface area contributed by atoms with Gasteiger partial charge in [-0.2, -0.15) is 0 Å². The number of hydrogen-bond donors (Lipinski definition) is 1. The second kappa shape index (κ2) is 7.60. The fourth-order valence-electron chi connectivity index (χ4n) is 3.05. The molecule has 0 spiro atoms. The van der Waals surface area contributed by atoms with Crippen molar-refractivity contribution in [2.75, 3.05) is 0 Å². The third kappa shape index (κ3) is 3.76. The van der Waals surface area contributed by atoms with Crippen molar-refractivity contribution in [3.63, 3.8) is 0 Å². The van der Waals surface area contributed by atoms with Crippen molar-refractivity contribution < 1.29 is 9.18 Å². The van der Waals surface area contributed by atoms with Crippen LogP contribution >= 0.6 is 0 Å². The van der Waals surface area contributed by atoms with Gasteiger partial charge in [-0.05, 0) is 48.9 Å². The Labute approximate surface area is 161 Å². The molecule has 0 radical (unpaired) electrons. The van der Waals surface area contributed by atoms with Crippen LogP contribution in [-0.4, -0.2) is 20.4 Å². The zero-order valence-corrected chi connectivity index (χ0v) is 15.4. The highest BCUT2D eigenvalue weighted by Crippen LogP contribution is 2.16. The van der Waals surface area contributed by atoms with Crippen LogP contribution in [0.25, 0.3) is 11.2 Å². The smallest absolute Gasteiger partial charge is 0.251 e. The Morgan fingerprint density at radius 1 is 1.07 bits per heavy atom. The van der Waals surface area contributed by atoms with Crippen LogP contribution in [0.15, 0.2) is 66.9 Å². The van der Waals surface area contributed by atoms with Crippen LogP contribution in [0.5, 0.6) is 0 Å². The Morgan fingerprint density at radius 3 is 2.57 bits per heavy atom. The van der Waals surface area contributed by atoms with E-state index in [2.05, 4.69) is 39.6 Å². The van der Waals surface area contributed by atoms with E-state index >= 15 is 0 Å². The Kier molecular flexibility index (Phi) is 4.85. The van der Waals surface area contributed by atoms with Gasteiger partial charge in [0.15, 0.2) is 5.65 Å². The zero-order chi connectivity index (χ0) is 19.5. The van der Waals surface area contributed by atoms with Gasteiger partial charge in [-0.15, -0.1) is 0 Å². The average molecular weight is 374 g/mol. The molecule has 2 aromatic carbocycles. The van der Waals surface area contributed by atoms with Gasteiger partial charge in [-0.3, -0.25) is 4.79 Å². The summed E-state index contributed by atoms with van der Waals surface area (Å²) in [7, 11) is 0. The van der Waals surface area contributed by atoms with Crippen LogP contribution in [0.4, 0.5) is 4.39 Å². The lowest BCUT2D eigenvalue weighted by atomic mass is 10.1. The Hall–Kier alpha value is -3.54. The van der Waals surface area contributed by atoms with Gasteiger partial charge in [0, 0.05) is 11.8 Å². The first kappa shape index (κ1) is 17.9. The molecule has 0 bridgehead atoms. The first-order chi connectivity index (χ1) is 13.6. The summed E-state index contributed by atoms with van der Waals surface area (Å²) >= 11 is 0. The van der Waals surface area contributed by atoms with E-state index in [9.17, 15) is 9.18 Å². The number of carbonyl (C=O) groups is 1. The van der Waals surface area contributed by atoms with E-state index in [1.807, 2.05) is 23.6 Å². The van der Waals surface area contributed by atoms with Gasteiger partial charge in [0.25, 0.3) is 5.91 Å². The predicted molar refractivity (Wildman–Crippen MR) is 105 cm³/mol.